The highest BCUT2D eigenvalue weighted by Gasteiger charge is 2.31. The normalized spacial score (nSPS) is 11.4. The first-order valence-electron chi connectivity index (χ1n) is 4.35. The van der Waals surface area contributed by atoms with Gasteiger partial charge in [-0.25, -0.2) is 4.79 Å². The van der Waals surface area contributed by atoms with Gasteiger partial charge in [-0.15, -0.1) is 0 Å². The molecule has 0 saturated carbocycles. The van der Waals surface area contributed by atoms with E-state index in [1.54, 1.807) is 12.1 Å². The molecule has 1 N–H and O–H groups in total. The van der Waals surface area contributed by atoms with Crippen molar-refractivity contribution < 1.29 is 23.4 Å². The van der Waals surface area contributed by atoms with Gasteiger partial charge >= 0.3 is 5.97 Å². The summed E-state index contributed by atoms with van der Waals surface area (Å²) in [5.41, 5.74) is -0.182. The number of aliphatic carboxylic acids is 1. The Morgan fingerprint density at radius 3 is 2.44 bits per heavy atom. The summed E-state index contributed by atoms with van der Waals surface area (Å²) < 4.78 is 32.1. The lowest BCUT2D eigenvalue weighted by Gasteiger charge is -2.16. The topological polar surface area (TPSA) is 46.5 Å². The smallest absolute Gasteiger partial charge is 0.329 e. The van der Waals surface area contributed by atoms with Crippen LogP contribution in [0.2, 0.25) is 0 Å². The Hall–Kier alpha value is -0.760. The molecule has 1 rings (SSSR count). The molecule has 0 radical (unpaired) electrons. The van der Waals surface area contributed by atoms with Crippen LogP contribution in [0.25, 0.3) is 0 Å². The van der Waals surface area contributed by atoms with Crippen molar-refractivity contribution in [3.8, 4) is 0 Å². The van der Waals surface area contributed by atoms with E-state index >= 15 is 0 Å². The highest BCUT2D eigenvalue weighted by Crippen LogP contribution is 2.28. The summed E-state index contributed by atoms with van der Waals surface area (Å²) in [6.07, 6.45) is 0. The largest absolute Gasteiger partial charge is 0.480 e. The number of carboxylic acids is 1. The maximum atomic E-state index is 13.4. The maximum absolute atomic E-state index is 13.4. The van der Waals surface area contributed by atoms with Crippen LogP contribution in [0.3, 0.4) is 0 Å². The number of alkyl halides is 2. The van der Waals surface area contributed by atoms with Crippen molar-refractivity contribution in [3.05, 3.63) is 33.4 Å². The van der Waals surface area contributed by atoms with E-state index in [-0.39, 0.29) is 5.56 Å². The number of rotatable bonds is 5. The summed E-state index contributed by atoms with van der Waals surface area (Å²) in [5, 5.41) is 8.25. The molecule has 0 fully saturated rings. The molecular formula is C10H9F2IO3. The molecule has 1 aromatic carbocycles. The Labute approximate surface area is 105 Å². The second-order valence-corrected chi connectivity index (χ2v) is 4.34. The third-order valence-corrected chi connectivity index (χ3v) is 2.49. The van der Waals surface area contributed by atoms with E-state index in [0.29, 0.717) is 0 Å². The zero-order valence-corrected chi connectivity index (χ0v) is 10.3. The average molecular weight is 342 g/mol. The van der Waals surface area contributed by atoms with Crippen molar-refractivity contribution in [2.45, 2.75) is 5.92 Å². The van der Waals surface area contributed by atoms with Crippen LogP contribution in [-0.4, -0.2) is 24.3 Å². The fourth-order valence-electron chi connectivity index (χ4n) is 1.04. The second kappa shape index (κ2) is 5.53. The molecule has 0 heterocycles. The quantitative estimate of drug-likeness (QED) is 0.837. The lowest BCUT2D eigenvalue weighted by molar-refractivity contribution is -0.147. The highest BCUT2D eigenvalue weighted by atomic mass is 127. The zero-order valence-electron chi connectivity index (χ0n) is 8.12. The van der Waals surface area contributed by atoms with Gasteiger partial charge in [0.1, 0.15) is 13.2 Å². The van der Waals surface area contributed by atoms with E-state index in [1.807, 2.05) is 22.6 Å². The monoisotopic (exact) mass is 342 g/mol. The van der Waals surface area contributed by atoms with Gasteiger partial charge in [0.2, 0.25) is 0 Å². The van der Waals surface area contributed by atoms with Gasteiger partial charge < -0.3 is 9.84 Å². The fraction of sp³-hybridized carbons (Fsp3) is 0.300. The zero-order chi connectivity index (χ0) is 12.2. The highest BCUT2D eigenvalue weighted by molar-refractivity contribution is 14.1. The molecule has 0 spiro atoms. The van der Waals surface area contributed by atoms with Gasteiger partial charge in [-0.1, -0.05) is 12.1 Å². The van der Waals surface area contributed by atoms with Crippen LogP contribution >= 0.6 is 22.6 Å². The van der Waals surface area contributed by atoms with Gasteiger partial charge in [0.15, 0.2) is 0 Å². The Morgan fingerprint density at radius 1 is 1.38 bits per heavy atom. The first-order chi connectivity index (χ1) is 7.42. The third-order valence-electron chi connectivity index (χ3n) is 1.78. The standard InChI is InChI=1S/C10H9F2IO3/c11-10(12,6-16-5-9(14)15)7-1-3-8(13)4-2-7/h1-4H,5-6H2,(H,14,15). The van der Waals surface area contributed by atoms with Crippen LogP contribution in [0.1, 0.15) is 5.56 Å². The van der Waals surface area contributed by atoms with Gasteiger partial charge in [-0.3, -0.25) is 0 Å². The average Bonchev–Trinajstić information content (AvgIpc) is 2.17. The SMILES string of the molecule is O=C(O)COCC(F)(F)c1ccc(I)cc1. The van der Waals surface area contributed by atoms with Crippen LogP contribution in [-0.2, 0) is 15.5 Å². The predicted molar refractivity (Wildman–Crippen MR) is 61.5 cm³/mol. The number of benzene rings is 1. The molecule has 0 amide bonds. The minimum absolute atomic E-state index is 0.182. The van der Waals surface area contributed by atoms with E-state index in [1.165, 1.54) is 12.1 Å². The molecule has 0 aliphatic rings. The van der Waals surface area contributed by atoms with Gasteiger partial charge in [0, 0.05) is 9.13 Å². The Balaban J connectivity index is 2.62. The molecule has 0 saturated heterocycles. The first-order valence-corrected chi connectivity index (χ1v) is 5.43. The number of hydrogen-bond acceptors (Lipinski definition) is 2. The Morgan fingerprint density at radius 2 is 1.94 bits per heavy atom. The minimum Gasteiger partial charge on any atom is -0.480 e. The van der Waals surface area contributed by atoms with Crippen LogP contribution in [0.5, 0.6) is 0 Å². The van der Waals surface area contributed by atoms with Crippen molar-refractivity contribution in [1.29, 1.82) is 0 Å². The fourth-order valence-corrected chi connectivity index (χ4v) is 1.40. The molecule has 0 aliphatic carbocycles. The first kappa shape index (κ1) is 13.3. The van der Waals surface area contributed by atoms with Crippen LogP contribution in [0.4, 0.5) is 8.78 Å². The van der Waals surface area contributed by atoms with Crippen LogP contribution in [0.15, 0.2) is 24.3 Å². The van der Waals surface area contributed by atoms with E-state index in [0.717, 1.165) is 3.57 Å². The van der Waals surface area contributed by atoms with Crippen molar-refractivity contribution >= 4 is 28.6 Å². The molecule has 16 heavy (non-hydrogen) atoms. The summed E-state index contributed by atoms with van der Waals surface area (Å²) in [5.74, 6) is -4.43. The summed E-state index contributed by atoms with van der Waals surface area (Å²) in [7, 11) is 0. The minimum atomic E-state index is -3.17. The summed E-state index contributed by atoms with van der Waals surface area (Å²) in [6, 6.07) is 5.71. The molecule has 0 aliphatic heterocycles. The number of ether oxygens (including phenoxy) is 1. The van der Waals surface area contributed by atoms with Crippen LogP contribution < -0.4 is 0 Å². The molecule has 0 bridgehead atoms. The molecule has 88 valence electrons. The Kier molecular flexibility index (Phi) is 4.60. The van der Waals surface area contributed by atoms with Gasteiger partial charge in [-0.2, -0.15) is 8.78 Å². The van der Waals surface area contributed by atoms with Crippen molar-refractivity contribution in [3.63, 3.8) is 0 Å². The number of carbonyl (C=O) groups is 1. The molecule has 0 aromatic heterocycles. The molecular weight excluding hydrogens is 333 g/mol. The van der Waals surface area contributed by atoms with Gasteiger partial charge in [0.25, 0.3) is 5.92 Å². The van der Waals surface area contributed by atoms with Crippen molar-refractivity contribution in [2.75, 3.05) is 13.2 Å². The van der Waals surface area contributed by atoms with Gasteiger partial charge in [-0.05, 0) is 34.7 Å². The van der Waals surface area contributed by atoms with E-state index in [2.05, 4.69) is 4.74 Å². The molecule has 0 unspecified atom stereocenters. The number of halogens is 3. The van der Waals surface area contributed by atoms with Crippen LogP contribution in [0, 0.1) is 3.57 Å². The van der Waals surface area contributed by atoms with Crippen molar-refractivity contribution in [2.24, 2.45) is 0 Å². The van der Waals surface area contributed by atoms with Gasteiger partial charge in [0.05, 0.1) is 0 Å². The molecule has 1 aromatic rings. The summed E-state index contributed by atoms with van der Waals surface area (Å²) in [6.45, 7) is -1.65. The van der Waals surface area contributed by atoms with E-state index in [9.17, 15) is 13.6 Å². The predicted octanol–water partition coefficient (Wildman–Crippen LogP) is 2.48. The molecule has 3 nitrogen and oxygen atoms in total. The van der Waals surface area contributed by atoms with E-state index in [4.69, 9.17) is 5.11 Å². The molecule has 0 atom stereocenters. The number of carboxylic acid groups (broad SMARTS) is 1. The summed E-state index contributed by atoms with van der Waals surface area (Å²) >= 11 is 2.01. The maximum Gasteiger partial charge on any atom is 0.329 e. The Bertz CT molecular complexity index is 365. The lowest BCUT2D eigenvalue weighted by Crippen LogP contribution is -2.23. The van der Waals surface area contributed by atoms with Crippen molar-refractivity contribution in [1.82, 2.24) is 0 Å². The molecule has 6 heteroatoms. The van der Waals surface area contributed by atoms with E-state index < -0.39 is 25.1 Å². The third kappa shape index (κ3) is 4.01. The lowest BCUT2D eigenvalue weighted by atomic mass is 10.1. The second-order valence-electron chi connectivity index (χ2n) is 3.10. The summed E-state index contributed by atoms with van der Waals surface area (Å²) in [4.78, 5) is 10.1. The number of hydrogen-bond donors (Lipinski definition) is 1.